The molecule has 27 heavy (non-hydrogen) atoms. The molecule has 2 aromatic rings. The summed E-state index contributed by atoms with van der Waals surface area (Å²) in [6.45, 7) is 0. The number of alkyl halides is 3. The molecule has 0 radical (unpaired) electrons. The number of carbonyl (C=O) groups excluding carboxylic acids is 1. The van der Waals surface area contributed by atoms with Crippen molar-refractivity contribution in [3.8, 4) is 0 Å². The Kier molecular flexibility index (Phi) is 5.57. The van der Waals surface area contributed by atoms with Crippen molar-refractivity contribution in [3.05, 3.63) is 46.5 Å². The van der Waals surface area contributed by atoms with Gasteiger partial charge in [-0.05, 0) is 30.0 Å². The lowest BCUT2D eigenvalue weighted by molar-refractivity contribution is -0.137. The summed E-state index contributed by atoms with van der Waals surface area (Å²) in [7, 11) is -3.02. The highest BCUT2D eigenvalue weighted by molar-refractivity contribution is 7.91. The zero-order valence-electron chi connectivity index (χ0n) is 14.1. The average Bonchev–Trinajstić information content (AvgIpc) is 3.13. The quantitative estimate of drug-likeness (QED) is 0.806. The van der Waals surface area contributed by atoms with E-state index in [-0.39, 0.29) is 29.8 Å². The molecule has 1 amide bonds. The predicted octanol–water partition coefficient (Wildman–Crippen LogP) is 3.52. The van der Waals surface area contributed by atoms with Gasteiger partial charge in [0.05, 0.1) is 17.1 Å². The largest absolute Gasteiger partial charge is 0.416 e. The van der Waals surface area contributed by atoms with Crippen LogP contribution in [0.5, 0.6) is 0 Å². The van der Waals surface area contributed by atoms with E-state index in [0.29, 0.717) is 23.5 Å². The van der Waals surface area contributed by atoms with Crippen molar-refractivity contribution in [3.63, 3.8) is 0 Å². The Bertz CT molecular complexity index is 922. The van der Waals surface area contributed by atoms with Crippen LogP contribution >= 0.6 is 11.3 Å². The smallest absolute Gasteiger partial charge is 0.302 e. The number of benzene rings is 1. The van der Waals surface area contributed by atoms with Crippen LogP contribution in [0.15, 0.2) is 30.5 Å². The molecule has 1 atom stereocenters. The second-order valence-corrected chi connectivity index (χ2v) is 9.87. The Morgan fingerprint density at radius 2 is 1.96 bits per heavy atom. The first-order chi connectivity index (χ1) is 12.6. The fourth-order valence-electron chi connectivity index (χ4n) is 2.93. The third-order valence-electron chi connectivity index (χ3n) is 4.26. The van der Waals surface area contributed by atoms with Crippen LogP contribution in [0.25, 0.3) is 0 Å². The van der Waals surface area contributed by atoms with E-state index in [1.807, 2.05) is 0 Å². The number of carbonyl (C=O) groups is 1. The van der Waals surface area contributed by atoms with Crippen molar-refractivity contribution in [2.45, 2.75) is 25.4 Å². The topological polar surface area (TPSA) is 76.1 Å². The van der Waals surface area contributed by atoms with E-state index in [1.54, 1.807) is 6.20 Å². The Balaban J connectivity index is 1.54. The summed E-state index contributed by atoms with van der Waals surface area (Å²) >= 11 is 1.24. The number of thiazole rings is 1. The first kappa shape index (κ1) is 19.8. The van der Waals surface area contributed by atoms with Gasteiger partial charge in [0.1, 0.15) is 0 Å². The zero-order valence-corrected chi connectivity index (χ0v) is 15.8. The summed E-state index contributed by atoms with van der Waals surface area (Å²) in [4.78, 5) is 16.9. The molecule has 146 valence electrons. The van der Waals surface area contributed by atoms with Crippen molar-refractivity contribution in [2.24, 2.45) is 5.92 Å². The lowest BCUT2D eigenvalue weighted by Crippen LogP contribution is -2.17. The molecule has 1 fully saturated rings. The van der Waals surface area contributed by atoms with Crippen LogP contribution in [0.4, 0.5) is 18.3 Å². The molecule has 1 aliphatic rings. The number of aromatic nitrogens is 1. The molecule has 0 aliphatic carbocycles. The number of amides is 1. The van der Waals surface area contributed by atoms with Gasteiger partial charge in [0.25, 0.3) is 0 Å². The van der Waals surface area contributed by atoms with E-state index in [0.717, 1.165) is 17.0 Å². The van der Waals surface area contributed by atoms with Gasteiger partial charge in [-0.2, -0.15) is 13.2 Å². The van der Waals surface area contributed by atoms with Crippen molar-refractivity contribution in [1.82, 2.24) is 4.98 Å². The Hall–Kier alpha value is -1.94. The van der Waals surface area contributed by atoms with Crippen molar-refractivity contribution >= 4 is 32.2 Å². The van der Waals surface area contributed by atoms with Crippen molar-refractivity contribution in [1.29, 1.82) is 0 Å². The number of anilines is 1. The van der Waals surface area contributed by atoms with Crippen LogP contribution in [-0.2, 0) is 27.2 Å². The third kappa shape index (κ3) is 5.52. The molecule has 10 heteroatoms. The van der Waals surface area contributed by atoms with Gasteiger partial charge in [-0.25, -0.2) is 13.4 Å². The van der Waals surface area contributed by atoms with Gasteiger partial charge >= 0.3 is 6.18 Å². The van der Waals surface area contributed by atoms with Gasteiger partial charge in [0, 0.05) is 23.9 Å². The second kappa shape index (κ2) is 7.59. The standard InChI is InChI=1S/C17H17F3N2O3S2/c18-17(19,20)13-3-1-11(2-4-13)7-14-9-21-16(26-14)22-15(23)8-12-5-6-27(24,25)10-12/h1-4,9,12H,5-8,10H2,(H,21,22,23). The fourth-order valence-corrected chi connectivity index (χ4v) is 5.65. The number of rotatable bonds is 5. The SMILES string of the molecule is O=C(CC1CCS(=O)(=O)C1)Nc1ncc(Cc2ccc(C(F)(F)F)cc2)s1. The first-order valence-corrected chi connectivity index (χ1v) is 10.9. The molecule has 5 nitrogen and oxygen atoms in total. The van der Waals surface area contributed by atoms with E-state index in [9.17, 15) is 26.4 Å². The minimum absolute atomic E-state index is 0.0391. The highest BCUT2D eigenvalue weighted by atomic mass is 32.2. The fraction of sp³-hybridized carbons (Fsp3) is 0.412. The van der Waals surface area contributed by atoms with Crippen LogP contribution in [0.3, 0.4) is 0 Å². The monoisotopic (exact) mass is 418 g/mol. The van der Waals surface area contributed by atoms with Crippen LogP contribution in [-0.4, -0.2) is 30.8 Å². The lowest BCUT2D eigenvalue weighted by Gasteiger charge is -2.07. The second-order valence-electron chi connectivity index (χ2n) is 6.52. The van der Waals surface area contributed by atoms with Gasteiger partial charge in [0.15, 0.2) is 15.0 Å². The van der Waals surface area contributed by atoms with Crippen LogP contribution in [0.1, 0.15) is 28.8 Å². The molecule has 2 heterocycles. The molecule has 1 aromatic carbocycles. The first-order valence-electron chi connectivity index (χ1n) is 8.22. The molecule has 0 saturated carbocycles. The number of nitrogens with one attached hydrogen (secondary N) is 1. The van der Waals surface area contributed by atoms with Crippen LogP contribution in [0, 0.1) is 5.92 Å². The van der Waals surface area contributed by atoms with Crippen molar-refractivity contribution in [2.75, 3.05) is 16.8 Å². The third-order valence-corrected chi connectivity index (χ3v) is 7.01. The summed E-state index contributed by atoms with van der Waals surface area (Å²) in [5.74, 6) is -0.286. The zero-order chi connectivity index (χ0) is 19.7. The normalized spacial score (nSPS) is 19.1. The van der Waals surface area contributed by atoms with Gasteiger partial charge in [-0.1, -0.05) is 12.1 Å². The van der Waals surface area contributed by atoms with E-state index in [1.165, 1.54) is 23.5 Å². The number of sulfone groups is 1. The molecule has 1 N–H and O–H groups in total. The van der Waals surface area contributed by atoms with E-state index < -0.39 is 21.6 Å². The van der Waals surface area contributed by atoms with Gasteiger partial charge in [-0.3, -0.25) is 4.79 Å². The molecule has 1 unspecified atom stereocenters. The summed E-state index contributed by atoms with van der Waals surface area (Å²) in [5.41, 5.74) is 0.0122. The van der Waals surface area contributed by atoms with Crippen LogP contribution in [0.2, 0.25) is 0 Å². The molecule has 0 bridgehead atoms. The maximum absolute atomic E-state index is 12.6. The average molecular weight is 418 g/mol. The molecule has 1 saturated heterocycles. The minimum atomic E-state index is -4.36. The molecule has 0 spiro atoms. The maximum Gasteiger partial charge on any atom is 0.416 e. The maximum atomic E-state index is 12.6. The predicted molar refractivity (Wildman–Crippen MR) is 96.4 cm³/mol. The number of halogens is 3. The van der Waals surface area contributed by atoms with Crippen molar-refractivity contribution < 1.29 is 26.4 Å². The highest BCUT2D eigenvalue weighted by Gasteiger charge is 2.30. The Morgan fingerprint density at radius 1 is 1.26 bits per heavy atom. The van der Waals surface area contributed by atoms with Gasteiger partial charge in [-0.15, -0.1) is 11.3 Å². The van der Waals surface area contributed by atoms with Gasteiger partial charge < -0.3 is 5.32 Å². The summed E-state index contributed by atoms with van der Waals surface area (Å²) in [5, 5.41) is 3.05. The van der Waals surface area contributed by atoms with Gasteiger partial charge in [0.2, 0.25) is 5.91 Å². The number of nitrogens with zero attached hydrogens (tertiary/aromatic N) is 1. The summed E-state index contributed by atoms with van der Waals surface area (Å²) in [6.07, 6.45) is -1.76. The van der Waals surface area contributed by atoms with E-state index >= 15 is 0 Å². The number of hydrogen-bond acceptors (Lipinski definition) is 5. The molecule has 1 aromatic heterocycles. The molecule has 3 rings (SSSR count). The Labute approximate surface area is 158 Å². The minimum Gasteiger partial charge on any atom is -0.302 e. The molecular formula is C17H17F3N2O3S2. The molecular weight excluding hydrogens is 401 g/mol. The summed E-state index contributed by atoms with van der Waals surface area (Å²) in [6, 6.07) is 4.91. The summed E-state index contributed by atoms with van der Waals surface area (Å²) < 4.78 is 60.6. The van der Waals surface area contributed by atoms with Crippen LogP contribution < -0.4 is 5.32 Å². The Morgan fingerprint density at radius 3 is 2.56 bits per heavy atom. The van der Waals surface area contributed by atoms with E-state index in [4.69, 9.17) is 0 Å². The molecule has 1 aliphatic heterocycles. The highest BCUT2D eigenvalue weighted by Crippen LogP contribution is 2.30. The lowest BCUT2D eigenvalue weighted by atomic mass is 10.1. The van der Waals surface area contributed by atoms with E-state index in [2.05, 4.69) is 10.3 Å². The number of hydrogen-bond donors (Lipinski definition) is 1.